The number of nitrogens with one attached hydrogen (secondary N) is 1. The Kier molecular flexibility index (Phi) is 2.34. The fraction of sp³-hybridized carbons (Fsp3) is 0. The van der Waals surface area contributed by atoms with Gasteiger partial charge in [0, 0.05) is 6.07 Å². The van der Waals surface area contributed by atoms with Crippen molar-refractivity contribution >= 4 is 34.2 Å². The third-order valence-corrected chi connectivity index (χ3v) is 2.57. The van der Waals surface area contributed by atoms with E-state index in [1.165, 1.54) is 0 Å². The van der Waals surface area contributed by atoms with Gasteiger partial charge in [-0.3, -0.25) is 0 Å². The monoisotopic (exact) mass is 244 g/mol. The lowest BCUT2D eigenvalue weighted by Gasteiger charge is -2.04. The Labute approximate surface area is 102 Å². The van der Waals surface area contributed by atoms with Crippen LogP contribution in [0.15, 0.2) is 47.1 Å². The maximum Gasteiger partial charge on any atom is 0.202 e. The minimum atomic E-state index is 0.425. The van der Waals surface area contributed by atoms with Crippen molar-refractivity contribution in [3.8, 4) is 0 Å². The van der Waals surface area contributed by atoms with Crippen molar-refractivity contribution in [2.24, 2.45) is 0 Å². The van der Waals surface area contributed by atoms with Crippen molar-refractivity contribution in [1.82, 2.24) is 15.0 Å². The Morgan fingerprint density at radius 2 is 2.12 bits per heavy atom. The number of anilines is 1. The second kappa shape index (κ2) is 3.99. The first kappa shape index (κ1) is 9.98. The molecule has 2 aromatic heterocycles. The molecule has 0 aliphatic heterocycles. The van der Waals surface area contributed by atoms with E-state index in [1.54, 1.807) is 23.1 Å². The average Bonchev–Trinajstić information content (AvgIpc) is 2.96. The Morgan fingerprint density at radius 3 is 2.94 bits per heavy atom. The number of rotatable bonds is 1. The summed E-state index contributed by atoms with van der Waals surface area (Å²) < 4.78 is 6.72. The number of furan rings is 1. The van der Waals surface area contributed by atoms with Gasteiger partial charge in [-0.1, -0.05) is 17.3 Å². The molecule has 0 bridgehead atoms. The average molecular weight is 244 g/mol. The summed E-state index contributed by atoms with van der Waals surface area (Å²) in [7, 11) is 0. The molecule has 1 N–H and O–H groups in total. The lowest BCUT2D eigenvalue weighted by molar-refractivity contribution is 0.586. The standard InChI is InChI=1S/C11H8N4OS/c17-11(12-10-6-3-7-16-10)15-9-5-2-1-4-8(9)13-14-15/h1-7H,(H,12,17). The van der Waals surface area contributed by atoms with Crippen molar-refractivity contribution < 1.29 is 4.42 Å². The number of fused-ring (bicyclic) bond motifs is 1. The molecule has 0 aliphatic rings. The molecule has 5 nitrogen and oxygen atoms in total. The first-order chi connectivity index (χ1) is 8.34. The van der Waals surface area contributed by atoms with Gasteiger partial charge in [0.15, 0.2) is 5.88 Å². The summed E-state index contributed by atoms with van der Waals surface area (Å²) in [4.78, 5) is 0. The van der Waals surface area contributed by atoms with Crippen LogP contribution in [0.2, 0.25) is 0 Å². The van der Waals surface area contributed by atoms with Crippen LogP contribution >= 0.6 is 12.2 Å². The maximum atomic E-state index is 5.24. The molecule has 3 aromatic rings. The van der Waals surface area contributed by atoms with Crippen molar-refractivity contribution in [3.63, 3.8) is 0 Å². The van der Waals surface area contributed by atoms with Crippen LogP contribution in [-0.2, 0) is 0 Å². The SMILES string of the molecule is S=C(Nc1ccco1)n1nnc2ccccc21. The normalized spacial score (nSPS) is 10.6. The highest BCUT2D eigenvalue weighted by molar-refractivity contribution is 7.80. The summed E-state index contributed by atoms with van der Waals surface area (Å²) in [5, 5.41) is 11.4. The molecule has 0 unspecified atom stereocenters. The molecule has 0 radical (unpaired) electrons. The van der Waals surface area contributed by atoms with Gasteiger partial charge in [0.1, 0.15) is 5.52 Å². The van der Waals surface area contributed by atoms with Gasteiger partial charge in [-0.05, 0) is 30.4 Å². The van der Waals surface area contributed by atoms with Crippen LogP contribution < -0.4 is 5.32 Å². The molecule has 0 amide bonds. The second-order valence-electron chi connectivity index (χ2n) is 3.40. The van der Waals surface area contributed by atoms with E-state index in [1.807, 2.05) is 24.3 Å². The largest absolute Gasteiger partial charge is 0.449 e. The zero-order chi connectivity index (χ0) is 11.7. The molecule has 84 valence electrons. The van der Waals surface area contributed by atoms with Gasteiger partial charge in [0.25, 0.3) is 0 Å². The van der Waals surface area contributed by atoms with Gasteiger partial charge < -0.3 is 9.73 Å². The molecule has 17 heavy (non-hydrogen) atoms. The van der Waals surface area contributed by atoms with E-state index in [2.05, 4.69) is 15.6 Å². The fourth-order valence-corrected chi connectivity index (χ4v) is 1.76. The predicted molar refractivity (Wildman–Crippen MR) is 67.9 cm³/mol. The molecule has 0 aliphatic carbocycles. The number of aromatic nitrogens is 3. The number of hydrogen-bond acceptors (Lipinski definition) is 4. The predicted octanol–water partition coefficient (Wildman–Crippen LogP) is 2.27. The summed E-state index contributed by atoms with van der Waals surface area (Å²) in [6.07, 6.45) is 1.57. The highest BCUT2D eigenvalue weighted by Crippen LogP contribution is 2.12. The number of thiocarbonyl (C=S) groups is 1. The van der Waals surface area contributed by atoms with Crippen LogP contribution in [-0.4, -0.2) is 20.1 Å². The van der Waals surface area contributed by atoms with Crippen LogP contribution in [0.5, 0.6) is 0 Å². The van der Waals surface area contributed by atoms with Crippen LogP contribution in [0, 0.1) is 0 Å². The zero-order valence-corrected chi connectivity index (χ0v) is 9.52. The van der Waals surface area contributed by atoms with Gasteiger partial charge in [-0.2, -0.15) is 4.68 Å². The molecule has 0 fully saturated rings. The molecular weight excluding hydrogens is 236 g/mol. The first-order valence-corrected chi connectivity index (χ1v) is 5.41. The number of nitrogens with zero attached hydrogens (tertiary/aromatic N) is 3. The summed E-state index contributed by atoms with van der Waals surface area (Å²) in [6, 6.07) is 11.2. The highest BCUT2D eigenvalue weighted by atomic mass is 32.1. The van der Waals surface area contributed by atoms with E-state index < -0.39 is 0 Å². The van der Waals surface area contributed by atoms with E-state index in [9.17, 15) is 0 Å². The Bertz CT molecular complexity index is 659. The molecule has 6 heteroatoms. The maximum absolute atomic E-state index is 5.24. The van der Waals surface area contributed by atoms with Crippen LogP contribution in [0.1, 0.15) is 0 Å². The quantitative estimate of drug-likeness (QED) is 0.665. The first-order valence-electron chi connectivity index (χ1n) is 5.00. The smallest absolute Gasteiger partial charge is 0.202 e. The van der Waals surface area contributed by atoms with E-state index in [4.69, 9.17) is 16.6 Å². The van der Waals surface area contributed by atoms with Crippen molar-refractivity contribution in [3.05, 3.63) is 42.7 Å². The minimum absolute atomic E-state index is 0.425. The van der Waals surface area contributed by atoms with Crippen LogP contribution in [0.25, 0.3) is 11.0 Å². The topological polar surface area (TPSA) is 55.9 Å². The summed E-state index contributed by atoms with van der Waals surface area (Å²) in [5.41, 5.74) is 1.66. The lowest BCUT2D eigenvalue weighted by Crippen LogP contribution is -2.19. The fourth-order valence-electron chi connectivity index (χ4n) is 1.53. The highest BCUT2D eigenvalue weighted by Gasteiger charge is 2.08. The number of para-hydroxylation sites is 1. The number of hydrogen-bond donors (Lipinski definition) is 1. The molecule has 2 heterocycles. The molecule has 3 rings (SSSR count). The van der Waals surface area contributed by atoms with E-state index in [0.29, 0.717) is 11.0 Å². The van der Waals surface area contributed by atoms with Gasteiger partial charge in [0.05, 0.1) is 11.8 Å². The zero-order valence-electron chi connectivity index (χ0n) is 8.70. The Balaban J connectivity index is 1.96. The van der Waals surface area contributed by atoms with E-state index in [0.717, 1.165) is 11.0 Å². The van der Waals surface area contributed by atoms with Gasteiger partial charge in [-0.25, -0.2) is 0 Å². The van der Waals surface area contributed by atoms with Crippen LogP contribution in [0.3, 0.4) is 0 Å². The Morgan fingerprint density at radius 1 is 1.24 bits per heavy atom. The van der Waals surface area contributed by atoms with Crippen molar-refractivity contribution in [1.29, 1.82) is 0 Å². The third kappa shape index (κ3) is 1.78. The third-order valence-electron chi connectivity index (χ3n) is 2.30. The van der Waals surface area contributed by atoms with Crippen LogP contribution in [0.4, 0.5) is 5.88 Å². The summed E-state index contributed by atoms with van der Waals surface area (Å²) in [6.45, 7) is 0. The van der Waals surface area contributed by atoms with Gasteiger partial charge in [0.2, 0.25) is 5.11 Å². The van der Waals surface area contributed by atoms with Crippen molar-refractivity contribution in [2.45, 2.75) is 0 Å². The molecule has 0 saturated heterocycles. The van der Waals surface area contributed by atoms with E-state index >= 15 is 0 Å². The molecular formula is C11H8N4OS. The lowest BCUT2D eigenvalue weighted by atomic mass is 10.3. The molecule has 1 aromatic carbocycles. The Hall–Kier alpha value is -2.21. The van der Waals surface area contributed by atoms with E-state index in [-0.39, 0.29) is 0 Å². The molecule has 0 spiro atoms. The van der Waals surface area contributed by atoms with Gasteiger partial charge in [-0.15, -0.1) is 5.10 Å². The van der Waals surface area contributed by atoms with Gasteiger partial charge >= 0.3 is 0 Å². The molecule has 0 atom stereocenters. The minimum Gasteiger partial charge on any atom is -0.449 e. The molecule has 0 saturated carbocycles. The summed E-state index contributed by atoms with van der Waals surface area (Å²) >= 11 is 5.24. The number of benzene rings is 1. The van der Waals surface area contributed by atoms with Crippen molar-refractivity contribution in [2.75, 3.05) is 5.32 Å². The summed E-state index contributed by atoms with van der Waals surface area (Å²) in [5.74, 6) is 0.578. The second-order valence-corrected chi connectivity index (χ2v) is 3.78.